The maximum Gasteiger partial charge on any atom is 0.573 e. The molecule has 28 heavy (non-hydrogen) atoms. The fourth-order valence-corrected chi connectivity index (χ4v) is 2.97. The minimum atomic E-state index is -4.72. The van der Waals surface area contributed by atoms with E-state index in [0.29, 0.717) is 17.2 Å². The van der Waals surface area contributed by atoms with E-state index in [1.807, 2.05) is 25.2 Å². The fourth-order valence-electron chi connectivity index (χ4n) is 2.97. The Hall–Kier alpha value is -3.29. The Bertz CT molecular complexity index is 1040. The summed E-state index contributed by atoms with van der Waals surface area (Å²) in [6, 6.07) is 11.5. The number of hydrogen-bond acceptors (Lipinski definition) is 3. The number of aryl methyl sites for hydroxylation is 1. The van der Waals surface area contributed by atoms with Gasteiger partial charge in [-0.15, -0.1) is 13.2 Å². The summed E-state index contributed by atoms with van der Waals surface area (Å²) in [5.41, 5.74) is 3.23. The molecule has 1 aromatic heterocycles. The van der Waals surface area contributed by atoms with E-state index in [-0.39, 0.29) is 5.75 Å². The van der Waals surface area contributed by atoms with Gasteiger partial charge in [-0.1, -0.05) is 18.7 Å². The van der Waals surface area contributed by atoms with Crippen LogP contribution in [0.4, 0.5) is 18.9 Å². The Kier molecular flexibility index (Phi) is 5.13. The minimum Gasteiger partial charge on any atom is -0.406 e. The minimum absolute atomic E-state index is 0.278. The second kappa shape index (κ2) is 7.38. The van der Waals surface area contributed by atoms with Gasteiger partial charge < -0.3 is 9.64 Å². The van der Waals surface area contributed by atoms with Crippen LogP contribution in [0.2, 0.25) is 0 Å². The highest BCUT2D eigenvalue weighted by atomic mass is 19.4. The van der Waals surface area contributed by atoms with Crippen molar-refractivity contribution >= 4 is 28.5 Å². The molecule has 0 unspecified atom stereocenters. The van der Waals surface area contributed by atoms with Gasteiger partial charge in [-0.2, -0.15) is 5.10 Å². The molecular weight excluding hydrogens is 369 g/mol. The second-order valence-corrected chi connectivity index (χ2v) is 6.10. The summed E-state index contributed by atoms with van der Waals surface area (Å²) >= 11 is 0. The third-order valence-electron chi connectivity index (χ3n) is 4.31. The van der Waals surface area contributed by atoms with Gasteiger partial charge in [0.25, 0.3) is 0 Å². The molecule has 0 saturated carbocycles. The molecule has 8 heteroatoms. The van der Waals surface area contributed by atoms with Crippen molar-refractivity contribution < 1.29 is 17.9 Å². The molecule has 0 atom stereocenters. The summed E-state index contributed by atoms with van der Waals surface area (Å²) in [6.45, 7) is 3.78. The smallest absolute Gasteiger partial charge is 0.406 e. The van der Waals surface area contributed by atoms with Gasteiger partial charge in [-0.05, 0) is 42.0 Å². The Labute approximate surface area is 160 Å². The summed E-state index contributed by atoms with van der Waals surface area (Å²) in [7, 11) is 5.27. The first-order valence-electron chi connectivity index (χ1n) is 8.39. The number of fused-ring (bicyclic) bond motifs is 1. The Morgan fingerprint density at radius 3 is 2.46 bits per heavy atom. The number of aromatic nitrogens is 2. The Balaban J connectivity index is 1.96. The van der Waals surface area contributed by atoms with Crippen molar-refractivity contribution in [2.24, 2.45) is 12.0 Å². The standard InChI is InChI=1S/C20H19F3N4O/c1-5-13-6-11-16-17(12-13)27(4)25-18(16)19(24-2)26(3)14-7-9-15(10-8-14)28-20(21,22)23/h5-12H,1H2,2-4H3/b24-19-. The lowest BCUT2D eigenvalue weighted by atomic mass is 10.1. The first-order chi connectivity index (χ1) is 13.2. The molecule has 3 aromatic rings. The average molecular weight is 388 g/mol. The van der Waals surface area contributed by atoms with Crippen molar-refractivity contribution in [3.63, 3.8) is 0 Å². The van der Waals surface area contributed by atoms with Crippen LogP contribution in [-0.2, 0) is 7.05 Å². The van der Waals surface area contributed by atoms with Gasteiger partial charge in [-0.3, -0.25) is 9.67 Å². The van der Waals surface area contributed by atoms with Gasteiger partial charge in [0.15, 0.2) is 5.84 Å². The van der Waals surface area contributed by atoms with Crippen LogP contribution in [0.15, 0.2) is 54.0 Å². The number of nitrogens with zero attached hydrogens (tertiary/aromatic N) is 4. The fraction of sp³-hybridized carbons (Fsp3) is 0.200. The van der Waals surface area contributed by atoms with E-state index >= 15 is 0 Å². The summed E-state index contributed by atoms with van der Waals surface area (Å²) < 4.78 is 42.7. The number of hydrogen-bond donors (Lipinski definition) is 0. The van der Waals surface area contributed by atoms with Crippen molar-refractivity contribution in [1.29, 1.82) is 0 Å². The summed E-state index contributed by atoms with van der Waals surface area (Å²) in [5.74, 6) is 0.307. The zero-order valence-electron chi connectivity index (χ0n) is 15.7. The number of aliphatic imine (C=N–C) groups is 1. The van der Waals surface area contributed by atoms with E-state index in [0.717, 1.165) is 16.5 Å². The van der Waals surface area contributed by atoms with E-state index in [9.17, 15) is 13.2 Å². The van der Waals surface area contributed by atoms with Gasteiger partial charge in [-0.25, -0.2) is 0 Å². The zero-order valence-corrected chi connectivity index (χ0v) is 15.7. The zero-order chi connectivity index (χ0) is 20.5. The second-order valence-electron chi connectivity index (χ2n) is 6.10. The van der Waals surface area contributed by atoms with Crippen LogP contribution in [-0.4, -0.2) is 36.1 Å². The third kappa shape index (κ3) is 3.85. The summed E-state index contributed by atoms with van der Waals surface area (Å²) in [6.07, 6.45) is -2.96. The van der Waals surface area contributed by atoms with Crippen molar-refractivity contribution in [2.75, 3.05) is 19.0 Å². The Morgan fingerprint density at radius 1 is 1.21 bits per heavy atom. The monoisotopic (exact) mass is 388 g/mol. The van der Waals surface area contributed by atoms with Crippen LogP contribution < -0.4 is 9.64 Å². The molecule has 0 spiro atoms. The van der Waals surface area contributed by atoms with Crippen LogP contribution in [0.1, 0.15) is 11.3 Å². The van der Waals surface area contributed by atoms with Gasteiger partial charge in [0, 0.05) is 32.2 Å². The van der Waals surface area contributed by atoms with Crippen LogP contribution in [0.25, 0.3) is 17.0 Å². The van der Waals surface area contributed by atoms with Gasteiger partial charge in [0.1, 0.15) is 11.4 Å². The molecule has 0 fully saturated rings. The quantitative estimate of drug-likeness (QED) is 0.484. The maximum atomic E-state index is 12.3. The normalized spacial score (nSPS) is 12.3. The molecule has 3 rings (SSSR count). The van der Waals surface area contributed by atoms with Gasteiger partial charge >= 0.3 is 6.36 Å². The van der Waals surface area contributed by atoms with Gasteiger partial charge in [0.2, 0.25) is 0 Å². The number of ether oxygens (including phenoxy) is 1. The molecule has 5 nitrogen and oxygen atoms in total. The third-order valence-corrected chi connectivity index (χ3v) is 4.31. The van der Waals surface area contributed by atoms with E-state index < -0.39 is 6.36 Å². The van der Waals surface area contributed by atoms with Crippen LogP contribution in [0.3, 0.4) is 0 Å². The number of alkyl halides is 3. The largest absolute Gasteiger partial charge is 0.573 e. The molecule has 146 valence electrons. The highest BCUT2D eigenvalue weighted by Crippen LogP contribution is 2.27. The van der Waals surface area contributed by atoms with Gasteiger partial charge in [0.05, 0.1) is 5.52 Å². The Morgan fingerprint density at radius 2 is 1.89 bits per heavy atom. The highest BCUT2D eigenvalue weighted by Gasteiger charge is 2.31. The summed E-state index contributed by atoms with van der Waals surface area (Å²) in [4.78, 5) is 6.12. The van der Waals surface area contributed by atoms with Crippen molar-refractivity contribution in [1.82, 2.24) is 9.78 Å². The molecule has 0 N–H and O–H groups in total. The number of benzene rings is 2. The van der Waals surface area contributed by atoms with Crippen LogP contribution in [0.5, 0.6) is 5.75 Å². The lowest BCUT2D eigenvalue weighted by Crippen LogP contribution is -2.28. The first-order valence-corrected chi connectivity index (χ1v) is 8.39. The molecule has 0 saturated heterocycles. The van der Waals surface area contributed by atoms with Crippen molar-refractivity contribution in [2.45, 2.75) is 6.36 Å². The number of amidine groups is 1. The molecule has 0 radical (unpaired) electrons. The predicted octanol–water partition coefficient (Wildman–Crippen LogP) is 4.63. The highest BCUT2D eigenvalue weighted by molar-refractivity contribution is 6.15. The molecule has 0 bridgehead atoms. The molecule has 0 aliphatic carbocycles. The molecule has 0 amide bonds. The van der Waals surface area contributed by atoms with E-state index in [4.69, 9.17) is 0 Å². The first kappa shape index (κ1) is 19.5. The molecule has 0 aliphatic rings. The maximum absolute atomic E-state index is 12.3. The lowest BCUT2D eigenvalue weighted by Gasteiger charge is -2.20. The number of rotatable bonds is 4. The molecular formula is C20H19F3N4O. The van der Waals surface area contributed by atoms with E-state index in [1.54, 1.807) is 29.8 Å². The topological polar surface area (TPSA) is 42.6 Å². The van der Waals surface area contributed by atoms with E-state index in [2.05, 4.69) is 21.4 Å². The predicted molar refractivity (Wildman–Crippen MR) is 105 cm³/mol. The lowest BCUT2D eigenvalue weighted by molar-refractivity contribution is -0.274. The van der Waals surface area contributed by atoms with Crippen LogP contribution >= 0.6 is 0 Å². The van der Waals surface area contributed by atoms with Crippen molar-refractivity contribution in [3.05, 3.63) is 60.3 Å². The van der Waals surface area contributed by atoms with Crippen molar-refractivity contribution in [3.8, 4) is 5.75 Å². The molecule has 1 heterocycles. The molecule has 2 aromatic carbocycles. The number of anilines is 1. The average Bonchev–Trinajstić information content (AvgIpc) is 2.97. The SMILES string of the molecule is C=Cc1ccc2c(/C(=N/C)N(C)c3ccc(OC(F)(F)F)cc3)nn(C)c2c1. The molecule has 0 aliphatic heterocycles. The number of halogens is 3. The summed E-state index contributed by atoms with van der Waals surface area (Å²) in [5, 5.41) is 5.50. The van der Waals surface area contributed by atoms with Crippen LogP contribution in [0, 0.1) is 0 Å². The van der Waals surface area contributed by atoms with E-state index in [1.165, 1.54) is 24.3 Å².